The summed E-state index contributed by atoms with van der Waals surface area (Å²) in [6.07, 6.45) is 1.25. The van der Waals surface area contributed by atoms with E-state index in [-0.39, 0.29) is 50.1 Å². The van der Waals surface area contributed by atoms with Crippen LogP contribution in [0.4, 0.5) is 0 Å². The van der Waals surface area contributed by atoms with Crippen LogP contribution >= 0.6 is 0 Å². The Labute approximate surface area is 246 Å². The number of nitrogens with one attached hydrogen (secondary N) is 3. The molecule has 226 valence electrons. The van der Waals surface area contributed by atoms with E-state index in [0.29, 0.717) is 32.1 Å². The summed E-state index contributed by atoms with van der Waals surface area (Å²) >= 11 is 0. The highest BCUT2D eigenvalue weighted by atomic mass is 16.6. The van der Waals surface area contributed by atoms with E-state index in [2.05, 4.69) is 16.0 Å². The zero-order valence-electron chi connectivity index (χ0n) is 24.0. The highest BCUT2D eigenvalue weighted by Crippen LogP contribution is 2.19. The van der Waals surface area contributed by atoms with E-state index in [1.807, 2.05) is 37.3 Å². The Bertz CT molecular complexity index is 1200. The van der Waals surface area contributed by atoms with Gasteiger partial charge in [-0.05, 0) is 24.1 Å². The number of unbranched alkanes of at least 4 members (excludes halogenated alkanes) is 1. The van der Waals surface area contributed by atoms with E-state index in [1.54, 1.807) is 29.2 Å². The van der Waals surface area contributed by atoms with E-state index in [4.69, 9.17) is 14.2 Å². The van der Waals surface area contributed by atoms with Crippen molar-refractivity contribution in [2.24, 2.45) is 0 Å². The van der Waals surface area contributed by atoms with Crippen LogP contribution in [0.2, 0.25) is 0 Å². The number of hydrogen-bond donors (Lipinski definition) is 3. The van der Waals surface area contributed by atoms with Crippen molar-refractivity contribution in [3.05, 3.63) is 65.7 Å². The van der Waals surface area contributed by atoms with Crippen LogP contribution in [0.3, 0.4) is 0 Å². The molecule has 11 heteroatoms. The molecule has 4 rings (SSSR count). The maximum absolute atomic E-state index is 13.8. The molecule has 2 aromatic carbocycles. The summed E-state index contributed by atoms with van der Waals surface area (Å²) in [6.45, 7) is 4.39. The van der Waals surface area contributed by atoms with Crippen molar-refractivity contribution in [3.63, 3.8) is 0 Å². The highest BCUT2D eigenvalue weighted by molar-refractivity contribution is 6.01. The van der Waals surface area contributed by atoms with Crippen LogP contribution in [-0.4, -0.2) is 92.8 Å². The minimum atomic E-state index is -1.21. The van der Waals surface area contributed by atoms with Crippen LogP contribution in [0.25, 0.3) is 0 Å². The summed E-state index contributed by atoms with van der Waals surface area (Å²) < 4.78 is 17.0. The van der Waals surface area contributed by atoms with Crippen molar-refractivity contribution < 1.29 is 33.4 Å². The number of para-hydroxylation sites is 1. The zero-order chi connectivity index (χ0) is 29.7. The monoisotopic (exact) mass is 580 g/mol. The molecule has 2 aliphatic rings. The first-order valence-electron chi connectivity index (χ1n) is 14.6. The van der Waals surface area contributed by atoms with Gasteiger partial charge in [0, 0.05) is 19.5 Å². The first-order chi connectivity index (χ1) is 20.4. The molecule has 3 atom stereocenters. The molecule has 2 aromatic rings. The number of carbonyl (C=O) groups is 4. The van der Waals surface area contributed by atoms with Gasteiger partial charge in [0.25, 0.3) is 5.91 Å². The Kier molecular flexibility index (Phi) is 11.7. The van der Waals surface area contributed by atoms with Crippen molar-refractivity contribution >= 4 is 23.6 Å². The molecule has 42 heavy (non-hydrogen) atoms. The lowest BCUT2D eigenvalue weighted by Crippen LogP contribution is -2.54. The molecule has 0 bridgehead atoms. The maximum atomic E-state index is 13.8. The summed E-state index contributed by atoms with van der Waals surface area (Å²) in [4.78, 5) is 55.6. The van der Waals surface area contributed by atoms with Gasteiger partial charge in [-0.25, -0.2) is 0 Å². The van der Waals surface area contributed by atoms with Crippen LogP contribution in [-0.2, 0) is 30.3 Å². The topological polar surface area (TPSA) is 135 Å². The zero-order valence-corrected chi connectivity index (χ0v) is 24.0. The van der Waals surface area contributed by atoms with Crippen LogP contribution in [0.15, 0.2) is 54.6 Å². The van der Waals surface area contributed by atoms with Crippen molar-refractivity contribution in [2.75, 3.05) is 46.1 Å². The molecule has 11 nitrogen and oxygen atoms in total. The van der Waals surface area contributed by atoms with Gasteiger partial charge in [0.05, 0.1) is 44.5 Å². The Morgan fingerprint density at radius 3 is 2.55 bits per heavy atom. The Balaban J connectivity index is 1.60. The number of amides is 4. The fraction of sp³-hybridized carbons (Fsp3) is 0.484. The molecule has 0 radical (unpaired) electrons. The van der Waals surface area contributed by atoms with Crippen molar-refractivity contribution in [1.29, 1.82) is 0 Å². The van der Waals surface area contributed by atoms with Crippen molar-refractivity contribution in [3.8, 4) is 5.75 Å². The Morgan fingerprint density at radius 2 is 1.79 bits per heavy atom. The second-order valence-corrected chi connectivity index (χ2v) is 10.4. The minimum absolute atomic E-state index is 0.152. The van der Waals surface area contributed by atoms with Gasteiger partial charge in [-0.15, -0.1) is 0 Å². The Morgan fingerprint density at radius 1 is 1.00 bits per heavy atom. The molecule has 3 N–H and O–H groups in total. The van der Waals surface area contributed by atoms with Gasteiger partial charge in [-0.1, -0.05) is 55.8 Å². The van der Waals surface area contributed by atoms with Crippen LogP contribution in [0.1, 0.15) is 42.1 Å². The Hall–Kier alpha value is -3.96. The fourth-order valence-corrected chi connectivity index (χ4v) is 4.87. The first-order valence-corrected chi connectivity index (χ1v) is 14.6. The number of ether oxygens (including phenoxy) is 3. The third-order valence-corrected chi connectivity index (χ3v) is 7.16. The van der Waals surface area contributed by atoms with Crippen LogP contribution < -0.4 is 20.7 Å². The fourth-order valence-electron chi connectivity index (χ4n) is 4.87. The molecule has 4 amide bonds. The molecule has 0 spiro atoms. The molecule has 0 aliphatic carbocycles. The molecule has 0 aromatic heterocycles. The lowest BCUT2D eigenvalue weighted by atomic mass is 10.0. The normalized spacial score (nSPS) is 22.2. The van der Waals surface area contributed by atoms with Gasteiger partial charge in [0.2, 0.25) is 17.7 Å². The minimum Gasteiger partial charge on any atom is -0.491 e. The molecular formula is C31H40N4O7. The number of fused-ring (bicyclic) bond motifs is 1. The highest BCUT2D eigenvalue weighted by Gasteiger charge is 2.31. The molecule has 0 saturated carbocycles. The van der Waals surface area contributed by atoms with Gasteiger partial charge in [-0.3, -0.25) is 19.2 Å². The third kappa shape index (κ3) is 9.02. The lowest BCUT2D eigenvalue weighted by molar-refractivity contribution is -0.137. The van der Waals surface area contributed by atoms with Gasteiger partial charge in [0.15, 0.2) is 0 Å². The maximum Gasteiger partial charge on any atom is 0.255 e. The molecule has 2 heterocycles. The predicted octanol–water partition coefficient (Wildman–Crippen LogP) is 1.46. The van der Waals surface area contributed by atoms with E-state index < -0.39 is 29.8 Å². The summed E-state index contributed by atoms with van der Waals surface area (Å²) in [6, 6.07) is 14.1. The lowest BCUT2D eigenvalue weighted by Gasteiger charge is -2.29. The SMILES string of the molecule is CCCCN1CCOc2ccccc2C(=O)N[C@H](C(=O)NCC2COCCO2)CC(=O)N[C@@H](Cc2ccccc2)C1=O. The first kappa shape index (κ1) is 31.0. The molecular weight excluding hydrogens is 540 g/mol. The van der Waals surface area contributed by atoms with Gasteiger partial charge < -0.3 is 35.1 Å². The molecule has 2 aliphatic heterocycles. The van der Waals surface area contributed by atoms with E-state index in [9.17, 15) is 19.2 Å². The number of carbonyl (C=O) groups excluding carboxylic acids is 4. The van der Waals surface area contributed by atoms with Crippen LogP contribution in [0.5, 0.6) is 5.75 Å². The van der Waals surface area contributed by atoms with E-state index >= 15 is 0 Å². The number of rotatable bonds is 8. The standard InChI is InChI=1S/C31H40N4O7/c1-2-3-13-35-14-15-42-27-12-8-7-11-24(27)29(37)34-25(30(38)32-20-23-21-40-16-17-41-23)19-28(36)33-26(31(35)39)18-22-9-5-4-6-10-22/h4-12,23,25-26H,2-3,13-21H2,1H3,(H,32,38)(H,33,36)(H,34,37)/t23?,25-,26-/m0/s1. The second-order valence-electron chi connectivity index (χ2n) is 10.4. The van der Waals surface area contributed by atoms with E-state index in [0.717, 1.165) is 18.4 Å². The molecule has 1 fully saturated rings. The molecule has 1 saturated heterocycles. The van der Waals surface area contributed by atoms with Gasteiger partial charge in [-0.2, -0.15) is 0 Å². The van der Waals surface area contributed by atoms with E-state index in [1.165, 1.54) is 0 Å². The summed E-state index contributed by atoms with van der Waals surface area (Å²) in [5.74, 6) is -1.53. The third-order valence-electron chi connectivity index (χ3n) is 7.16. The summed E-state index contributed by atoms with van der Waals surface area (Å²) in [5, 5.41) is 8.32. The average Bonchev–Trinajstić information content (AvgIpc) is 3.01. The second kappa shape index (κ2) is 15.9. The van der Waals surface area contributed by atoms with Crippen molar-refractivity contribution in [1.82, 2.24) is 20.9 Å². The van der Waals surface area contributed by atoms with Gasteiger partial charge in [0.1, 0.15) is 24.4 Å². The largest absolute Gasteiger partial charge is 0.491 e. The number of hydrogen-bond acceptors (Lipinski definition) is 7. The number of nitrogens with zero attached hydrogens (tertiary/aromatic N) is 1. The van der Waals surface area contributed by atoms with Crippen LogP contribution in [0, 0.1) is 0 Å². The smallest absolute Gasteiger partial charge is 0.255 e. The van der Waals surface area contributed by atoms with Gasteiger partial charge >= 0.3 is 0 Å². The number of benzene rings is 2. The summed E-state index contributed by atoms with van der Waals surface area (Å²) in [7, 11) is 0. The summed E-state index contributed by atoms with van der Waals surface area (Å²) in [5.41, 5.74) is 1.11. The van der Waals surface area contributed by atoms with Crippen molar-refractivity contribution in [2.45, 2.75) is 50.8 Å². The predicted molar refractivity (Wildman–Crippen MR) is 155 cm³/mol. The molecule has 1 unspecified atom stereocenters. The average molecular weight is 581 g/mol. The quantitative estimate of drug-likeness (QED) is 0.430.